The number of hydrogen-bond donors (Lipinski definition) is 1. The van der Waals surface area contributed by atoms with Gasteiger partial charge in [0, 0.05) is 24.3 Å². The van der Waals surface area contributed by atoms with Crippen LogP contribution < -0.4 is 14.2 Å². The summed E-state index contributed by atoms with van der Waals surface area (Å²) in [5, 5.41) is -0.781. The molecule has 1 aromatic carbocycles. The lowest BCUT2D eigenvalue weighted by atomic mass is 9.77. The Labute approximate surface area is 338 Å². The number of esters is 1. The summed E-state index contributed by atoms with van der Waals surface area (Å²) in [6.45, 7) is 7.12. The maximum atomic E-state index is 14.9. The van der Waals surface area contributed by atoms with Crippen molar-refractivity contribution in [3.05, 3.63) is 23.9 Å². The maximum Gasteiger partial charge on any atom is 0.306 e. The van der Waals surface area contributed by atoms with Gasteiger partial charge in [0.05, 0.1) is 53.7 Å². The van der Waals surface area contributed by atoms with Gasteiger partial charge in [-0.15, -0.1) is 0 Å². The minimum absolute atomic E-state index is 0.104. The van der Waals surface area contributed by atoms with Crippen LogP contribution in [0.4, 0.5) is 8.78 Å². The van der Waals surface area contributed by atoms with Crippen molar-refractivity contribution in [2.24, 2.45) is 34.5 Å². The number of alkyl halides is 2. The standard InChI is InChI=1S/C42H56F2N4O9S/c1-23-34-22-48(36(23)32(49)21-42(20-28(42)37(43)44)40(52)47-58(53,54)26-15-16-26)39(51)27(41(2,3)4)19-35(50)56-33-13-9-11-24(33)10-7-6-8-12-30-38(57-34)46-31-18-25(55-5)14-17-29(31)45-30/h14,17-18,23-24,26-28,33-34,36-37H,6-13,15-16,19-22H2,1-5H3,(H,47,52)/t23-,24-,27-,28+,33-,34+,36+,42-/m1/s1. The predicted octanol–water partition coefficient (Wildman–Crippen LogP) is 5.95. The maximum absolute atomic E-state index is 14.9. The Balaban J connectivity index is 1.26. The molecule has 3 aliphatic carbocycles. The molecule has 58 heavy (non-hydrogen) atoms. The number of nitrogens with one attached hydrogen (secondary N) is 1. The summed E-state index contributed by atoms with van der Waals surface area (Å²) in [6, 6.07) is 4.11. The molecule has 4 fully saturated rings. The summed E-state index contributed by atoms with van der Waals surface area (Å²) in [5.74, 6) is -4.97. The first-order valence-corrected chi connectivity index (χ1v) is 22.3. The van der Waals surface area contributed by atoms with Gasteiger partial charge in [-0.25, -0.2) is 27.2 Å². The fourth-order valence-corrected chi connectivity index (χ4v) is 10.8. The molecule has 2 aromatic rings. The van der Waals surface area contributed by atoms with Crippen LogP contribution in [-0.4, -0.2) is 90.4 Å². The van der Waals surface area contributed by atoms with E-state index in [-0.39, 0.29) is 37.3 Å². The molecule has 318 valence electrons. The van der Waals surface area contributed by atoms with E-state index in [1.807, 2.05) is 31.6 Å². The molecule has 8 atom stereocenters. The second-order valence-electron chi connectivity index (χ2n) is 18.3. The number of nitrogens with zero attached hydrogens (tertiary/aromatic N) is 3. The first-order valence-electron chi connectivity index (χ1n) is 20.8. The van der Waals surface area contributed by atoms with Crippen LogP contribution in [0, 0.1) is 34.5 Å². The third kappa shape index (κ3) is 8.67. The highest BCUT2D eigenvalue weighted by atomic mass is 32.2. The number of methoxy groups -OCH3 is 1. The normalized spacial score (nSPS) is 31.1. The van der Waals surface area contributed by atoms with Crippen LogP contribution in [0.25, 0.3) is 11.0 Å². The summed E-state index contributed by atoms with van der Waals surface area (Å²) < 4.78 is 74.4. The summed E-state index contributed by atoms with van der Waals surface area (Å²) in [5.41, 5.74) is -0.958. The Morgan fingerprint density at radius 3 is 2.41 bits per heavy atom. The lowest BCUT2D eigenvalue weighted by Gasteiger charge is -2.35. The van der Waals surface area contributed by atoms with E-state index in [0.717, 1.165) is 44.9 Å². The van der Waals surface area contributed by atoms with Gasteiger partial charge in [0.1, 0.15) is 23.7 Å². The molecule has 2 bridgehead atoms. The third-order valence-electron chi connectivity index (χ3n) is 13.2. The molecular weight excluding hydrogens is 775 g/mol. The van der Waals surface area contributed by atoms with Crippen molar-refractivity contribution in [2.45, 2.75) is 141 Å². The second-order valence-corrected chi connectivity index (χ2v) is 20.3. The number of carbonyl (C=O) groups is 4. The minimum Gasteiger partial charge on any atom is -0.497 e. The number of sulfonamides is 1. The molecule has 0 radical (unpaired) electrons. The number of hydrogen-bond acceptors (Lipinski definition) is 11. The van der Waals surface area contributed by atoms with Gasteiger partial charge in [-0.1, -0.05) is 40.5 Å². The van der Waals surface area contributed by atoms with E-state index in [1.54, 1.807) is 26.2 Å². The topological polar surface area (TPSA) is 171 Å². The molecule has 16 heteroatoms. The number of ketones is 1. The molecular formula is C42H56F2N4O9S. The van der Waals surface area contributed by atoms with Gasteiger partial charge in [0.15, 0.2) is 5.78 Å². The average molecular weight is 831 g/mol. The molecule has 3 saturated carbocycles. The summed E-state index contributed by atoms with van der Waals surface area (Å²) in [6.07, 6.45) is 2.06. The monoisotopic (exact) mass is 830 g/mol. The van der Waals surface area contributed by atoms with E-state index in [1.165, 1.54) is 4.90 Å². The van der Waals surface area contributed by atoms with Crippen molar-refractivity contribution in [3.63, 3.8) is 0 Å². The van der Waals surface area contributed by atoms with Crippen LogP contribution >= 0.6 is 0 Å². The van der Waals surface area contributed by atoms with Gasteiger partial charge >= 0.3 is 5.97 Å². The molecule has 5 aliphatic rings. The zero-order valence-electron chi connectivity index (χ0n) is 34.0. The Hall–Kier alpha value is -3.95. The van der Waals surface area contributed by atoms with E-state index >= 15 is 0 Å². The Morgan fingerprint density at radius 1 is 1.00 bits per heavy atom. The largest absolute Gasteiger partial charge is 0.497 e. The summed E-state index contributed by atoms with van der Waals surface area (Å²) in [4.78, 5) is 68.0. The number of carbonyl (C=O) groups excluding carboxylic acids is 4. The van der Waals surface area contributed by atoms with Crippen molar-refractivity contribution in [1.29, 1.82) is 0 Å². The average Bonchev–Trinajstić information content (AvgIpc) is 4.07. The van der Waals surface area contributed by atoms with Crippen LogP contribution in [0.5, 0.6) is 11.6 Å². The third-order valence-corrected chi connectivity index (χ3v) is 15.1. The van der Waals surface area contributed by atoms with Crippen molar-refractivity contribution in [3.8, 4) is 11.6 Å². The summed E-state index contributed by atoms with van der Waals surface area (Å²) in [7, 11) is -2.55. The van der Waals surface area contributed by atoms with Gasteiger partial charge in [-0.05, 0) is 81.3 Å². The van der Waals surface area contributed by atoms with Gasteiger partial charge in [0.25, 0.3) is 0 Å². The van der Waals surface area contributed by atoms with Crippen LogP contribution in [-0.2, 0) is 40.4 Å². The highest BCUT2D eigenvalue weighted by Crippen LogP contribution is 2.59. The zero-order chi connectivity index (χ0) is 41.7. The smallest absolute Gasteiger partial charge is 0.306 e. The number of ether oxygens (including phenoxy) is 3. The molecule has 1 N–H and O–H groups in total. The van der Waals surface area contributed by atoms with E-state index < -0.39 is 92.4 Å². The molecule has 2 aliphatic heterocycles. The van der Waals surface area contributed by atoms with E-state index in [0.29, 0.717) is 41.7 Å². The molecule has 1 aromatic heterocycles. The van der Waals surface area contributed by atoms with Crippen molar-refractivity contribution < 1.29 is 50.6 Å². The number of benzene rings is 1. The second kappa shape index (κ2) is 16.2. The lowest BCUT2D eigenvalue weighted by Crippen LogP contribution is -2.50. The number of rotatable bonds is 8. The molecule has 0 spiro atoms. The quantitative estimate of drug-likeness (QED) is 0.312. The Kier molecular flexibility index (Phi) is 11.8. The molecule has 13 nitrogen and oxygen atoms in total. The van der Waals surface area contributed by atoms with Crippen molar-refractivity contribution >= 4 is 44.6 Å². The SMILES string of the molecule is COc1ccc2nc3c(nc2c1)O[C@H]1CN(C(=O)[C@H](C(C)(C)C)CC(=O)O[C@@H]2CCC[C@H]2CCCCC3)[C@H](C(=O)C[C@]2(C(=O)NS(=O)(=O)C3CC3)C[C@H]2C(F)F)[C@@H]1C. The number of Topliss-reactive ketones (excluding diaryl/α,β-unsaturated/α-hetero) is 1. The molecule has 1 saturated heterocycles. The van der Waals surface area contributed by atoms with E-state index in [9.17, 15) is 36.4 Å². The van der Waals surface area contributed by atoms with Crippen molar-refractivity contribution in [1.82, 2.24) is 19.6 Å². The first-order chi connectivity index (χ1) is 27.4. The first kappa shape index (κ1) is 42.2. The number of halogens is 2. The number of aryl methyl sites for hydroxylation is 1. The van der Waals surface area contributed by atoms with Crippen LogP contribution in [0.3, 0.4) is 0 Å². The number of aromatic nitrogens is 2. The predicted molar refractivity (Wildman–Crippen MR) is 208 cm³/mol. The minimum atomic E-state index is -4.10. The van der Waals surface area contributed by atoms with Crippen LogP contribution in [0.15, 0.2) is 18.2 Å². The fraction of sp³-hybridized carbons (Fsp3) is 0.714. The van der Waals surface area contributed by atoms with Crippen molar-refractivity contribution in [2.75, 3.05) is 13.7 Å². The summed E-state index contributed by atoms with van der Waals surface area (Å²) >= 11 is 0. The van der Waals surface area contributed by atoms with E-state index in [4.69, 9.17) is 24.2 Å². The van der Waals surface area contributed by atoms with Gasteiger partial charge in [-0.2, -0.15) is 0 Å². The highest BCUT2D eigenvalue weighted by Gasteiger charge is 2.66. The van der Waals surface area contributed by atoms with Crippen LogP contribution in [0.1, 0.15) is 110 Å². The zero-order valence-corrected chi connectivity index (χ0v) is 34.8. The van der Waals surface area contributed by atoms with Gasteiger partial charge in [-0.3, -0.25) is 23.9 Å². The van der Waals surface area contributed by atoms with Gasteiger partial charge < -0.3 is 19.1 Å². The molecule has 3 heterocycles. The fourth-order valence-electron chi connectivity index (χ4n) is 9.41. The molecule has 2 amide bonds. The number of amides is 2. The molecule has 0 unspecified atom stereocenters. The Bertz CT molecular complexity index is 2040. The van der Waals surface area contributed by atoms with E-state index in [2.05, 4.69) is 0 Å². The number of fused-ring (bicyclic) bond motifs is 5. The van der Waals surface area contributed by atoms with Crippen LogP contribution in [0.2, 0.25) is 0 Å². The van der Waals surface area contributed by atoms with Gasteiger partial charge in [0.2, 0.25) is 34.1 Å². The lowest BCUT2D eigenvalue weighted by molar-refractivity contribution is -0.158. The molecule has 7 rings (SSSR count). The Morgan fingerprint density at radius 2 is 1.74 bits per heavy atom. The highest BCUT2D eigenvalue weighted by molar-refractivity contribution is 7.90.